The Hall–Kier alpha value is -2.46. The van der Waals surface area contributed by atoms with E-state index in [4.69, 9.17) is 4.74 Å². The molecule has 1 saturated heterocycles. The lowest BCUT2D eigenvalue weighted by molar-refractivity contribution is -0.117. The highest BCUT2D eigenvalue weighted by Gasteiger charge is 2.31. The lowest BCUT2D eigenvalue weighted by Crippen LogP contribution is -2.54. The molecule has 168 valence electrons. The average molecular weight is 447 g/mol. The summed E-state index contributed by atoms with van der Waals surface area (Å²) in [6.07, 6.45) is 0. The molecule has 1 N–H and O–H groups in total. The second-order valence-electron chi connectivity index (χ2n) is 7.23. The average Bonchev–Trinajstić information content (AvgIpc) is 2.77. The Morgan fingerprint density at radius 2 is 1.58 bits per heavy atom. The minimum atomic E-state index is -3.44. The van der Waals surface area contributed by atoms with Crippen LogP contribution in [0.15, 0.2) is 54.6 Å². The number of nitrogens with zero attached hydrogens (tertiary/aromatic N) is 3. The second-order valence-corrected chi connectivity index (χ2v) is 9.16. The fourth-order valence-corrected chi connectivity index (χ4v) is 5.10. The van der Waals surface area contributed by atoms with Crippen molar-refractivity contribution in [3.05, 3.63) is 54.6 Å². The van der Waals surface area contributed by atoms with Crippen LogP contribution in [-0.2, 0) is 15.0 Å². The van der Waals surface area contributed by atoms with E-state index in [0.717, 1.165) is 0 Å². The molecule has 0 bridgehead atoms. The van der Waals surface area contributed by atoms with E-state index in [-0.39, 0.29) is 12.5 Å². The maximum absolute atomic E-state index is 12.6. The van der Waals surface area contributed by atoms with Crippen LogP contribution in [0.25, 0.3) is 0 Å². The summed E-state index contributed by atoms with van der Waals surface area (Å²) < 4.78 is 34.1. The number of amides is 1. The number of nitrogens with one attached hydrogen (secondary N) is 1. The molecule has 1 aliphatic heterocycles. The van der Waals surface area contributed by atoms with Gasteiger partial charge in [-0.1, -0.05) is 44.2 Å². The number of piperazine rings is 1. The van der Waals surface area contributed by atoms with Gasteiger partial charge in [-0.2, -0.15) is 17.0 Å². The summed E-state index contributed by atoms with van der Waals surface area (Å²) in [5.41, 5.74) is 0.596. The van der Waals surface area contributed by atoms with Crippen molar-refractivity contribution in [1.82, 2.24) is 13.5 Å². The van der Waals surface area contributed by atoms with E-state index in [1.165, 1.54) is 8.61 Å². The van der Waals surface area contributed by atoms with Crippen LogP contribution >= 0.6 is 0 Å². The molecule has 2 aromatic carbocycles. The Morgan fingerprint density at radius 3 is 2.23 bits per heavy atom. The summed E-state index contributed by atoms with van der Waals surface area (Å²) in [6, 6.07) is 16.7. The Kier molecular flexibility index (Phi) is 8.03. The molecular formula is C22H30N4O4S. The van der Waals surface area contributed by atoms with Gasteiger partial charge in [-0.15, -0.1) is 0 Å². The van der Waals surface area contributed by atoms with Crippen LogP contribution in [0.1, 0.15) is 13.8 Å². The van der Waals surface area contributed by atoms with Gasteiger partial charge in [-0.25, -0.2) is 0 Å². The first-order chi connectivity index (χ1) is 14.9. The Balaban J connectivity index is 1.55. The van der Waals surface area contributed by atoms with E-state index in [1.54, 1.807) is 12.1 Å². The molecule has 0 radical (unpaired) electrons. The SMILES string of the molecule is CCN(CC)S(=O)(=O)N1CCN(CC(=O)Nc2ccccc2Oc2ccccc2)CC1. The molecule has 0 saturated carbocycles. The van der Waals surface area contributed by atoms with Crippen molar-refractivity contribution < 1.29 is 17.9 Å². The fourth-order valence-electron chi connectivity index (χ4n) is 3.50. The Morgan fingerprint density at radius 1 is 0.968 bits per heavy atom. The summed E-state index contributed by atoms with van der Waals surface area (Å²) in [7, 11) is -3.44. The molecule has 31 heavy (non-hydrogen) atoms. The van der Waals surface area contributed by atoms with Gasteiger partial charge in [0.05, 0.1) is 12.2 Å². The maximum Gasteiger partial charge on any atom is 0.282 e. The largest absolute Gasteiger partial charge is 0.455 e. The molecule has 0 atom stereocenters. The number of para-hydroxylation sites is 3. The molecule has 8 nitrogen and oxygen atoms in total. The predicted molar refractivity (Wildman–Crippen MR) is 121 cm³/mol. The lowest BCUT2D eigenvalue weighted by Gasteiger charge is -2.35. The highest BCUT2D eigenvalue weighted by molar-refractivity contribution is 7.86. The number of ether oxygens (including phenoxy) is 1. The van der Waals surface area contributed by atoms with Gasteiger partial charge < -0.3 is 10.1 Å². The van der Waals surface area contributed by atoms with Gasteiger partial charge in [0.15, 0.2) is 5.75 Å². The molecule has 3 rings (SSSR count). The molecule has 0 aromatic heterocycles. The van der Waals surface area contributed by atoms with E-state index >= 15 is 0 Å². The van der Waals surface area contributed by atoms with Crippen LogP contribution < -0.4 is 10.1 Å². The third-order valence-corrected chi connectivity index (χ3v) is 7.38. The van der Waals surface area contributed by atoms with Crippen molar-refractivity contribution in [1.29, 1.82) is 0 Å². The molecule has 1 aliphatic rings. The van der Waals surface area contributed by atoms with Crippen molar-refractivity contribution in [2.75, 3.05) is 51.1 Å². The van der Waals surface area contributed by atoms with Gasteiger partial charge in [0, 0.05) is 39.3 Å². The Labute approximate surface area is 184 Å². The van der Waals surface area contributed by atoms with Crippen molar-refractivity contribution >= 4 is 21.8 Å². The van der Waals surface area contributed by atoms with E-state index < -0.39 is 10.2 Å². The first-order valence-electron chi connectivity index (χ1n) is 10.5. The van der Waals surface area contributed by atoms with E-state index in [0.29, 0.717) is 56.5 Å². The van der Waals surface area contributed by atoms with E-state index in [2.05, 4.69) is 5.32 Å². The number of carbonyl (C=O) groups is 1. The van der Waals surface area contributed by atoms with Crippen LogP contribution in [0.5, 0.6) is 11.5 Å². The van der Waals surface area contributed by atoms with E-state index in [1.807, 2.05) is 61.2 Å². The summed E-state index contributed by atoms with van der Waals surface area (Å²) in [6.45, 7) is 6.53. The normalized spacial score (nSPS) is 15.7. The van der Waals surface area contributed by atoms with Crippen molar-refractivity contribution in [2.45, 2.75) is 13.8 Å². The van der Waals surface area contributed by atoms with Crippen molar-refractivity contribution in [2.24, 2.45) is 0 Å². The predicted octanol–water partition coefficient (Wildman–Crippen LogP) is 2.62. The standard InChI is InChI=1S/C22H30N4O4S/c1-3-25(4-2)31(28,29)26-16-14-24(15-17-26)18-22(27)23-20-12-8-9-13-21(20)30-19-10-6-5-7-11-19/h5-13H,3-4,14-18H2,1-2H3,(H,23,27). The molecule has 0 unspecified atom stereocenters. The molecule has 0 spiro atoms. The molecule has 0 aliphatic carbocycles. The van der Waals surface area contributed by atoms with Gasteiger partial charge in [-0.3, -0.25) is 9.69 Å². The topological polar surface area (TPSA) is 82.2 Å². The molecule has 1 amide bonds. The van der Waals surface area contributed by atoms with Crippen LogP contribution in [0.2, 0.25) is 0 Å². The van der Waals surface area contributed by atoms with Crippen LogP contribution in [0.3, 0.4) is 0 Å². The van der Waals surface area contributed by atoms with Crippen LogP contribution in [-0.4, -0.2) is 73.6 Å². The van der Waals surface area contributed by atoms with Crippen molar-refractivity contribution in [3.8, 4) is 11.5 Å². The van der Waals surface area contributed by atoms with Gasteiger partial charge >= 0.3 is 0 Å². The zero-order valence-electron chi connectivity index (χ0n) is 18.0. The molecular weight excluding hydrogens is 416 g/mol. The minimum absolute atomic E-state index is 0.163. The molecule has 1 heterocycles. The van der Waals surface area contributed by atoms with Gasteiger partial charge in [0.25, 0.3) is 10.2 Å². The van der Waals surface area contributed by atoms with Crippen LogP contribution in [0.4, 0.5) is 5.69 Å². The van der Waals surface area contributed by atoms with Gasteiger partial charge in [0.2, 0.25) is 5.91 Å². The monoisotopic (exact) mass is 446 g/mol. The summed E-state index contributed by atoms with van der Waals surface area (Å²) in [5, 5.41) is 2.91. The number of rotatable bonds is 9. The Bertz CT molecular complexity index is 956. The number of hydrogen-bond acceptors (Lipinski definition) is 5. The van der Waals surface area contributed by atoms with Crippen molar-refractivity contribution in [3.63, 3.8) is 0 Å². The van der Waals surface area contributed by atoms with E-state index in [9.17, 15) is 13.2 Å². The summed E-state index contributed by atoms with van der Waals surface area (Å²) >= 11 is 0. The highest BCUT2D eigenvalue weighted by Crippen LogP contribution is 2.29. The zero-order chi connectivity index (χ0) is 22.3. The number of anilines is 1. The second kappa shape index (κ2) is 10.7. The summed E-state index contributed by atoms with van der Waals surface area (Å²) in [4.78, 5) is 14.6. The van der Waals surface area contributed by atoms with Crippen LogP contribution in [0, 0.1) is 0 Å². The first kappa shape index (κ1) is 23.2. The highest BCUT2D eigenvalue weighted by atomic mass is 32.2. The molecule has 9 heteroatoms. The number of benzene rings is 2. The first-order valence-corrected chi connectivity index (χ1v) is 11.9. The third kappa shape index (κ3) is 6.04. The maximum atomic E-state index is 12.6. The molecule has 2 aromatic rings. The number of carbonyl (C=O) groups excluding carboxylic acids is 1. The fraction of sp³-hybridized carbons (Fsp3) is 0.409. The zero-order valence-corrected chi connectivity index (χ0v) is 18.8. The smallest absolute Gasteiger partial charge is 0.282 e. The third-order valence-electron chi connectivity index (χ3n) is 5.19. The minimum Gasteiger partial charge on any atom is -0.455 e. The number of hydrogen-bond donors (Lipinski definition) is 1. The van der Waals surface area contributed by atoms with Gasteiger partial charge in [0.1, 0.15) is 5.75 Å². The quantitative estimate of drug-likeness (QED) is 0.640. The van der Waals surface area contributed by atoms with Gasteiger partial charge in [-0.05, 0) is 24.3 Å². The molecule has 1 fully saturated rings. The lowest BCUT2D eigenvalue weighted by atomic mass is 10.2. The summed E-state index contributed by atoms with van der Waals surface area (Å²) in [5.74, 6) is 1.09.